The van der Waals surface area contributed by atoms with E-state index in [0.717, 1.165) is 100 Å². The van der Waals surface area contributed by atoms with Crippen molar-refractivity contribution in [2.24, 2.45) is 5.92 Å². The van der Waals surface area contributed by atoms with Gasteiger partial charge in [0, 0.05) is 84.3 Å². The van der Waals surface area contributed by atoms with Gasteiger partial charge in [0.15, 0.2) is 10.8 Å². The zero-order valence-corrected chi connectivity index (χ0v) is 41.4. The van der Waals surface area contributed by atoms with E-state index >= 15 is 4.79 Å². The van der Waals surface area contributed by atoms with Crippen LogP contribution in [0, 0.1) is 26.7 Å². The van der Waals surface area contributed by atoms with Crippen molar-refractivity contribution in [3.05, 3.63) is 95.2 Å². The molecule has 1 aliphatic heterocycles. The molecule has 0 N–H and O–H groups in total. The van der Waals surface area contributed by atoms with Crippen LogP contribution in [-0.2, 0) is 4.79 Å². The molecule has 2 aromatic carbocycles. The van der Waals surface area contributed by atoms with Crippen LogP contribution in [0.2, 0.25) is 0 Å². The second-order valence-corrected chi connectivity index (χ2v) is 22.5. The van der Waals surface area contributed by atoms with Gasteiger partial charge in [-0.05, 0) is 81.8 Å². The molecule has 0 fully saturated rings. The standard InChI is InChI=1S/C54H63NO4S4/c1-7-10-13-16-17-19-22-36(21-18-14-11-8-2)32-55-53(57)44-33(4)23-25-37(45(44)54(55)58)40-27-28-42(62-40)47-49-48(46(50(47)56)41-26-24-34(5)60-41)51-38(30-35(6)61-51)39-31-43(63-52(39)49)59-29-20-15-12-9-3/h23-28,30-31,36H,7-22,29,32H2,1-6H3. The second kappa shape index (κ2) is 20.5. The average Bonchev–Trinajstić information content (AvgIpc) is 4.13. The van der Waals surface area contributed by atoms with Crippen molar-refractivity contribution in [3.63, 3.8) is 0 Å². The second-order valence-electron chi connectivity index (χ2n) is 17.9. The first-order valence-electron chi connectivity index (χ1n) is 23.7. The maximum atomic E-state index is 15.2. The van der Waals surface area contributed by atoms with E-state index in [9.17, 15) is 9.59 Å². The Bertz CT molecular complexity index is 2780. The number of amides is 2. The highest BCUT2D eigenvalue weighted by Crippen LogP contribution is 2.43. The van der Waals surface area contributed by atoms with Crippen molar-refractivity contribution < 1.29 is 19.1 Å². The molecule has 332 valence electrons. The molecule has 0 spiro atoms. The van der Waals surface area contributed by atoms with Gasteiger partial charge in [-0.3, -0.25) is 19.3 Å². The number of hydrogen-bond donors (Lipinski definition) is 0. The summed E-state index contributed by atoms with van der Waals surface area (Å²) in [5.74, 6) is -0.000233. The molecule has 1 aliphatic carbocycles. The normalized spacial score (nSPS) is 14.3. The highest BCUT2D eigenvalue weighted by Gasteiger charge is 2.40. The predicted octanol–water partition coefficient (Wildman–Crippen LogP) is 14.7. The molecule has 8 rings (SSSR count). The zero-order chi connectivity index (χ0) is 44.2. The highest BCUT2D eigenvalue weighted by atomic mass is 32.1. The van der Waals surface area contributed by atoms with Crippen molar-refractivity contribution >= 4 is 94.3 Å². The number of ketones is 1. The number of hydrogen-bond acceptors (Lipinski definition) is 8. The summed E-state index contributed by atoms with van der Waals surface area (Å²) < 4.78 is 8.65. The van der Waals surface area contributed by atoms with E-state index in [-0.39, 0.29) is 17.6 Å². The maximum absolute atomic E-state index is 15.2. The molecule has 0 saturated carbocycles. The zero-order valence-electron chi connectivity index (χ0n) is 38.1. The van der Waals surface area contributed by atoms with E-state index in [4.69, 9.17) is 4.74 Å². The molecule has 1 unspecified atom stereocenters. The summed E-state index contributed by atoms with van der Waals surface area (Å²) in [6.45, 7) is 14.1. The number of Topliss-reactive ketones (excluding diaryl/α,β-unsaturated/α-hetero) is 1. The molecule has 9 heteroatoms. The molecule has 4 aromatic heterocycles. The summed E-state index contributed by atoms with van der Waals surface area (Å²) in [7, 11) is 0. The highest BCUT2D eigenvalue weighted by molar-refractivity contribution is 7.22. The van der Waals surface area contributed by atoms with Crippen LogP contribution in [0.4, 0.5) is 0 Å². The van der Waals surface area contributed by atoms with E-state index < -0.39 is 0 Å². The Morgan fingerprint density at radius 1 is 0.556 bits per heavy atom. The number of benzene rings is 2. The van der Waals surface area contributed by atoms with Gasteiger partial charge in [-0.15, -0.1) is 34.0 Å². The quantitative estimate of drug-likeness (QED) is 0.0474. The summed E-state index contributed by atoms with van der Waals surface area (Å²) in [6.07, 6.45) is 18.8. The van der Waals surface area contributed by atoms with Gasteiger partial charge >= 0.3 is 0 Å². The summed E-state index contributed by atoms with van der Waals surface area (Å²) in [6, 6.07) is 16.8. The van der Waals surface area contributed by atoms with Crippen molar-refractivity contribution in [2.75, 3.05) is 13.2 Å². The number of thiophene rings is 4. The first-order chi connectivity index (χ1) is 30.6. The molecule has 2 aliphatic rings. The fraction of sp³-hybridized carbons (Fsp3) is 0.463. The third-order valence-electron chi connectivity index (χ3n) is 13.1. The molecule has 2 amide bonds. The van der Waals surface area contributed by atoms with Gasteiger partial charge in [0.05, 0.1) is 17.7 Å². The first-order valence-corrected chi connectivity index (χ1v) is 27.0. The topological polar surface area (TPSA) is 63.7 Å². The van der Waals surface area contributed by atoms with Crippen LogP contribution in [-0.4, -0.2) is 35.6 Å². The van der Waals surface area contributed by atoms with Crippen molar-refractivity contribution in [1.29, 1.82) is 0 Å². The minimum Gasteiger partial charge on any atom is -0.484 e. The Labute approximate surface area is 389 Å². The van der Waals surface area contributed by atoms with Crippen LogP contribution >= 0.6 is 45.3 Å². The monoisotopic (exact) mass is 917 g/mol. The number of aryl methyl sites for hydroxylation is 3. The van der Waals surface area contributed by atoms with Crippen molar-refractivity contribution in [1.82, 2.24) is 4.90 Å². The minimum atomic E-state index is -0.179. The number of carbonyl (C=O) groups excluding carboxylic acids is 3. The van der Waals surface area contributed by atoms with Crippen LogP contribution in [0.3, 0.4) is 0 Å². The van der Waals surface area contributed by atoms with E-state index in [2.05, 4.69) is 71.0 Å². The lowest BCUT2D eigenvalue weighted by Gasteiger charge is -2.23. The van der Waals surface area contributed by atoms with Crippen LogP contribution in [0.15, 0.2) is 48.5 Å². The maximum Gasteiger partial charge on any atom is 0.262 e. The van der Waals surface area contributed by atoms with Gasteiger partial charge in [-0.2, -0.15) is 0 Å². The average molecular weight is 918 g/mol. The molecular formula is C54H63NO4S4. The lowest BCUT2D eigenvalue weighted by Crippen LogP contribution is -2.34. The fourth-order valence-electron chi connectivity index (χ4n) is 9.74. The lowest BCUT2D eigenvalue weighted by molar-refractivity contribution is -0.108. The van der Waals surface area contributed by atoms with Gasteiger partial charge in [-0.25, -0.2) is 0 Å². The summed E-state index contributed by atoms with van der Waals surface area (Å²) in [5, 5.41) is 5.21. The van der Waals surface area contributed by atoms with E-state index in [1.54, 1.807) is 50.2 Å². The summed E-state index contributed by atoms with van der Waals surface area (Å²) >= 11 is 6.63. The largest absolute Gasteiger partial charge is 0.484 e. The number of ether oxygens (including phenoxy) is 1. The van der Waals surface area contributed by atoms with Crippen molar-refractivity contribution in [3.8, 4) is 15.5 Å². The molecular weight excluding hydrogens is 855 g/mol. The molecule has 0 saturated heterocycles. The van der Waals surface area contributed by atoms with Crippen LogP contribution in [0.5, 0.6) is 5.06 Å². The van der Waals surface area contributed by atoms with Gasteiger partial charge < -0.3 is 4.74 Å². The SMILES string of the molecule is CCCCCCCCC(CCCCCC)CN1C(=O)c2c(C)ccc(-c3ccc(C4=c5c(c6sc(C)cc6c6cc(OCCCCCC)sc56)=C(c5ccc(C)s5)C4=O)s3)c2C1=O. The Hall–Kier alpha value is -3.89. The van der Waals surface area contributed by atoms with Gasteiger partial charge in [0.25, 0.3) is 11.8 Å². The molecule has 63 heavy (non-hydrogen) atoms. The van der Waals surface area contributed by atoms with E-state index in [0.29, 0.717) is 35.8 Å². The smallest absolute Gasteiger partial charge is 0.262 e. The number of rotatable bonds is 23. The fourth-order valence-corrected chi connectivity index (χ4v) is 13.9. The Morgan fingerprint density at radius 2 is 1.13 bits per heavy atom. The van der Waals surface area contributed by atoms with Crippen molar-refractivity contribution in [2.45, 2.75) is 144 Å². The summed E-state index contributed by atoms with van der Waals surface area (Å²) in [5.41, 5.74) is 4.14. The molecule has 0 radical (unpaired) electrons. The molecule has 0 bridgehead atoms. The minimum absolute atomic E-state index is 0.0393. The third-order valence-corrected chi connectivity index (χ3v) is 17.4. The van der Waals surface area contributed by atoms with Gasteiger partial charge in [0.1, 0.15) is 0 Å². The van der Waals surface area contributed by atoms with Gasteiger partial charge in [-0.1, -0.05) is 128 Å². The molecule has 5 nitrogen and oxygen atoms in total. The number of fused-ring (bicyclic) bond motifs is 7. The molecule has 1 atom stereocenters. The first kappa shape index (κ1) is 45.7. The number of imide groups is 1. The van der Waals surface area contributed by atoms with Crippen LogP contribution < -0.4 is 15.2 Å². The van der Waals surface area contributed by atoms with E-state index in [1.165, 1.54) is 79.3 Å². The Kier molecular flexibility index (Phi) is 14.9. The molecule has 5 heterocycles. The van der Waals surface area contributed by atoms with Crippen LogP contribution in [0.1, 0.15) is 169 Å². The Balaban J connectivity index is 1.18. The third kappa shape index (κ3) is 9.32. The van der Waals surface area contributed by atoms with Crippen LogP contribution in [0.25, 0.3) is 41.8 Å². The predicted molar refractivity (Wildman–Crippen MR) is 270 cm³/mol. The summed E-state index contributed by atoms with van der Waals surface area (Å²) in [4.78, 5) is 50.9. The molecule has 6 aromatic rings. The van der Waals surface area contributed by atoms with E-state index in [1.807, 2.05) is 19.1 Å². The number of carbonyl (C=O) groups is 3. The Morgan fingerprint density at radius 3 is 1.81 bits per heavy atom. The van der Waals surface area contributed by atoms with Gasteiger partial charge in [0.2, 0.25) is 0 Å². The lowest BCUT2D eigenvalue weighted by atomic mass is 9.93. The number of nitrogens with zero attached hydrogens (tertiary/aromatic N) is 1. The number of unbranched alkanes of at least 4 members (excludes halogenated alkanes) is 11.